The summed E-state index contributed by atoms with van der Waals surface area (Å²) in [6.45, 7) is 3.41. The first kappa shape index (κ1) is 48.1. The molecule has 1 aliphatic rings. The van der Waals surface area contributed by atoms with Gasteiger partial charge in [-0.3, -0.25) is 9.35 Å². The van der Waals surface area contributed by atoms with Crippen LogP contribution in [0.4, 0.5) is 0 Å². The molecule has 12 nitrogen and oxygen atoms in total. The molecular formula is C38H75NO11S. The van der Waals surface area contributed by atoms with E-state index in [2.05, 4.69) is 23.3 Å². The molecule has 7 unspecified atom stereocenters. The van der Waals surface area contributed by atoms with Crippen LogP contribution in [0.5, 0.6) is 0 Å². The average molecular weight is 754 g/mol. The Morgan fingerprint density at radius 1 is 0.706 bits per heavy atom. The fourth-order valence-corrected chi connectivity index (χ4v) is 7.20. The maximum absolute atomic E-state index is 12.9. The highest BCUT2D eigenvalue weighted by molar-refractivity contribution is 7.80. The third-order valence-corrected chi connectivity index (χ3v) is 10.4. The molecule has 1 heterocycles. The minimum absolute atomic E-state index is 0.232. The van der Waals surface area contributed by atoms with Gasteiger partial charge in [0.05, 0.1) is 25.4 Å². The first-order valence-corrected chi connectivity index (χ1v) is 21.8. The monoisotopic (exact) mass is 754 g/mol. The number of nitrogens with one attached hydrogen (secondary N) is 1. The molecule has 0 aromatic carbocycles. The quantitative estimate of drug-likeness (QED) is 0.0304. The van der Waals surface area contributed by atoms with Crippen LogP contribution in [0.3, 0.4) is 0 Å². The summed E-state index contributed by atoms with van der Waals surface area (Å²) in [6, 6.07) is -0.848. The van der Waals surface area contributed by atoms with E-state index < -0.39 is 59.9 Å². The predicted octanol–water partition coefficient (Wildman–Crippen LogP) is 6.66. The van der Waals surface area contributed by atoms with Crippen molar-refractivity contribution in [2.24, 2.45) is 0 Å². The summed E-state index contributed by atoms with van der Waals surface area (Å²) in [4.78, 5) is 12.9. The van der Waals surface area contributed by atoms with Crippen LogP contribution < -0.4 is 5.32 Å². The van der Waals surface area contributed by atoms with Gasteiger partial charge in [-0.25, -0.2) is 4.18 Å². The second-order valence-corrected chi connectivity index (χ2v) is 15.6. The van der Waals surface area contributed by atoms with Crippen LogP contribution >= 0.6 is 0 Å². The zero-order chi connectivity index (χ0) is 37.7. The van der Waals surface area contributed by atoms with Crippen molar-refractivity contribution < 1.29 is 51.8 Å². The first-order chi connectivity index (χ1) is 24.5. The van der Waals surface area contributed by atoms with E-state index in [1.165, 1.54) is 103 Å². The molecule has 7 atom stereocenters. The van der Waals surface area contributed by atoms with Crippen LogP contribution in [0.15, 0.2) is 0 Å². The summed E-state index contributed by atoms with van der Waals surface area (Å²) in [5.41, 5.74) is 0. The van der Waals surface area contributed by atoms with Crippen LogP contribution in [-0.4, -0.2) is 95.4 Å². The number of amides is 1. The lowest BCUT2D eigenvalue weighted by Crippen LogP contribution is -2.61. The molecule has 0 bridgehead atoms. The molecule has 1 fully saturated rings. The van der Waals surface area contributed by atoms with E-state index in [-0.39, 0.29) is 12.5 Å². The molecular weight excluding hydrogens is 678 g/mol. The number of carbonyl (C=O) groups excluding carboxylic acids is 1. The highest BCUT2D eigenvalue weighted by Gasteiger charge is 2.48. The summed E-state index contributed by atoms with van der Waals surface area (Å²) < 4.78 is 47.4. The van der Waals surface area contributed by atoms with Gasteiger partial charge >= 0.3 is 10.4 Å². The molecule has 13 heteroatoms. The van der Waals surface area contributed by atoms with Crippen molar-refractivity contribution in [3.05, 3.63) is 0 Å². The molecule has 0 spiro atoms. The van der Waals surface area contributed by atoms with E-state index in [4.69, 9.17) is 14.0 Å². The first-order valence-electron chi connectivity index (χ1n) is 20.4. The number of aliphatic hydroxyl groups excluding tert-OH is 4. The number of ether oxygens (including phenoxy) is 2. The Hall–Kier alpha value is -0.900. The lowest BCUT2D eigenvalue weighted by Gasteiger charge is -2.41. The molecule has 1 amide bonds. The van der Waals surface area contributed by atoms with E-state index >= 15 is 0 Å². The molecule has 0 aromatic heterocycles. The van der Waals surface area contributed by atoms with Gasteiger partial charge in [0.15, 0.2) is 6.29 Å². The van der Waals surface area contributed by atoms with Crippen molar-refractivity contribution in [3.8, 4) is 0 Å². The van der Waals surface area contributed by atoms with Gasteiger partial charge in [-0.05, 0) is 12.8 Å². The van der Waals surface area contributed by atoms with Crippen molar-refractivity contribution >= 4 is 16.3 Å². The number of hydrogen-bond donors (Lipinski definition) is 6. The molecule has 1 rings (SSSR count). The molecule has 0 aliphatic carbocycles. The summed E-state index contributed by atoms with van der Waals surface area (Å²) in [5, 5.41) is 44.6. The second-order valence-electron chi connectivity index (χ2n) is 14.6. The molecule has 1 aliphatic heterocycles. The van der Waals surface area contributed by atoms with E-state index in [1.54, 1.807) is 0 Å². The van der Waals surface area contributed by atoms with Crippen LogP contribution in [0, 0.1) is 0 Å². The van der Waals surface area contributed by atoms with Crippen LogP contribution in [0.2, 0.25) is 0 Å². The van der Waals surface area contributed by atoms with Gasteiger partial charge in [0.2, 0.25) is 5.91 Å². The van der Waals surface area contributed by atoms with E-state index in [0.29, 0.717) is 12.8 Å². The van der Waals surface area contributed by atoms with E-state index in [0.717, 1.165) is 51.4 Å². The fourth-order valence-electron chi connectivity index (χ4n) is 6.69. The summed E-state index contributed by atoms with van der Waals surface area (Å²) in [6.07, 6.45) is 19.7. The maximum Gasteiger partial charge on any atom is 0.397 e. The normalized spacial score (nSPS) is 22.2. The van der Waals surface area contributed by atoms with Crippen LogP contribution in [-0.2, 0) is 28.9 Å². The molecule has 304 valence electrons. The fraction of sp³-hybridized carbons (Fsp3) is 0.974. The van der Waals surface area contributed by atoms with Gasteiger partial charge in [-0.15, -0.1) is 0 Å². The largest absolute Gasteiger partial charge is 0.397 e. The third kappa shape index (κ3) is 24.2. The molecule has 6 N–H and O–H groups in total. The number of aliphatic hydroxyl groups is 4. The Balaban J connectivity index is 2.57. The zero-order valence-corrected chi connectivity index (χ0v) is 32.8. The van der Waals surface area contributed by atoms with Crippen molar-refractivity contribution in [3.63, 3.8) is 0 Å². The number of carbonyl (C=O) groups is 1. The number of rotatable bonds is 34. The average Bonchev–Trinajstić information content (AvgIpc) is 3.09. The van der Waals surface area contributed by atoms with Crippen molar-refractivity contribution in [2.75, 3.05) is 13.2 Å². The summed E-state index contributed by atoms with van der Waals surface area (Å²) in [7, 11) is -5.07. The van der Waals surface area contributed by atoms with Gasteiger partial charge in [-0.2, -0.15) is 8.42 Å². The third-order valence-electron chi connectivity index (χ3n) is 9.92. The lowest BCUT2D eigenvalue weighted by molar-refractivity contribution is -0.298. The Kier molecular flexibility index (Phi) is 28.7. The van der Waals surface area contributed by atoms with E-state index in [1.807, 2.05) is 0 Å². The SMILES string of the molecule is CCCCCCCCCCCCCCCCC(O)C(COC1OC(CO)C(O)C(OS(=O)(=O)O)C1O)NC(=O)CCCCCCCCCCCC. The van der Waals surface area contributed by atoms with Crippen molar-refractivity contribution in [1.29, 1.82) is 0 Å². The topological polar surface area (TPSA) is 192 Å². The lowest BCUT2D eigenvalue weighted by atomic mass is 9.99. The van der Waals surface area contributed by atoms with Gasteiger partial charge < -0.3 is 35.2 Å². The molecule has 51 heavy (non-hydrogen) atoms. The Labute approximate surface area is 309 Å². The summed E-state index contributed by atoms with van der Waals surface area (Å²) in [5.74, 6) is -0.232. The van der Waals surface area contributed by atoms with Crippen molar-refractivity contribution in [2.45, 2.75) is 224 Å². The molecule has 0 saturated carbocycles. The van der Waals surface area contributed by atoms with Gasteiger partial charge in [0, 0.05) is 6.42 Å². The second kappa shape index (κ2) is 30.4. The molecule has 0 aromatic rings. The van der Waals surface area contributed by atoms with E-state index in [9.17, 15) is 33.6 Å². The Morgan fingerprint density at radius 2 is 1.14 bits per heavy atom. The zero-order valence-electron chi connectivity index (χ0n) is 31.9. The number of hydrogen-bond acceptors (Lipinski definition) is 10. The summed E-state index contributed by atoms with van der Waals surface area (Å²) >= 11 is 0. The molecule has 1 saturated heterocycles. The Morgan fingerprint density at radius 3 is 1.57 bits per heavy atom. The standard InChI is InChI=1S/C38H75NO11S/c1-3-5-7-9-11-13-15-16-17-18-19-21-23-25-27-32(41)31(39-34(42)28-26-24-22-20-14-12-10-8-6-4-2)30-48-38-36(44)37(50-51(45,46)47)35(43)33(29-40)49-38/h31-33,35-38,40-41,43-44H,3-30H2,1-2H3,(H,39,42)(H,45,46,47). The minimum Gasteiger partial charge on any atom is -0.394 e. The number of unbranched alkanes of at least 4 members (excludes halogenated alkanes) is 22. The minimum atomic E-state index is -5.07. The van der Waals surface area contributed by atoms with Crippen LogP contribution in [0.1, 0.15) is 181 Å². The molecule has 0 radical (unpaired) electrons. The highest BCUT2D eigenvalue weighted by Crippen LogP contribution is 2.26. The van der Waals surface area contributed by atoms with Crippen molar-refractivity contribution in [1.82, 2.24) is 5.32 Å². The van der Waals surface area contributed by atoms with Crippen LogP contribution in [0.25, 0.3) is 0 Å². The van der Waals surface area contributed by atoms with Gasteiger partial charge in [-0.1, -0.05) is 162 Å². The Bertz CT molecular complexity index is 941. The highest BCUT2D eigenvalue weighted by atomic mass is 32.3. The van der Waals surface area contributed by atoms with Gasteiger partial charge in [0.25, 0.3) is 0 Å². The van der Waals surface area contributed by atoms with Gasteiger partial charge in [0.1, 0.15) is 24.4 Å². The smallest absolute Gasteiger partial charge is 0.394 e. The predicted molar refractivity (Wildman–Crippen MR) is 199 cm³/mol. The maximum atomic E-state index is 12.9.